The van der Waals surface area contributed by atoms with Crippen molar-refractivity contribution in [1.29, 1.82) is 0 Å². The summed E-state index contributed by atoms with van der Waals surface area (Å²) in [5, 5.41) is 6.82. The minimum atomic E-state index is -0.719. The van der Waals surface area contributed by atoms with Crippen LogP contribution in [0.2, 0.25) is 0 Å². The van der Waals surface area contributed by atoms with Gasteiger partial charge in [0.2, 0.25) is 11.8 Å². The summed E-state index contributed by atoms with van der Waals surface area (Å²) in [6, 6.07) is 2.36. The third kappa shape index (κ3) is 5.52. The number of fused-ring (bicyclic) bond motifs is 1. The van der Waals surface area contributed by atoms with Crippen LogP contribution in [0.25, 0.3) is 11.0 Å². The fourth-order valence-electron chi connectivity index (χ4n) is 4.31. The second-order valence-corrected chi connectivity index (χ2v) is 9.77. The van der Waals surface area contributed by atoms with Crippen LogP contribution in [0.15, 0.2) is 24.5 Å². The predicted octanol–water partition coefficient (Wildman–Crippen LogP) is 1.78. The van der Waals surface area contributed by atoms with Gasteiger partial charge in [-0.3, -0.25) is 14.4 Å². The minimum Gasteiger partial charge on any atom is -0.460 e. The quantitative estimate of drug-likeness (QED) is 0.546. The molecule has 0 aliphatic carbocycles. The summed E-state index contributed by atoms with van der Waals surface area (Å²) in [7, 11) is 1.70. The molecule has 1 fully saturated rings. The van der Waals surface area contributed by atoms with Crippen LogP contribution >= 0.6 is 0 Å². The molecule has 2 aromatic rings. The van der Waals surface area contributed by atoms with E-state index < -0.39 is 23.6 Å². The molecule has 2 aromatic heterocycles. The molecule has 9 nitrogen and oxygen atoms in total. The Bertz CT molecular complexity index is 1010. The Morgan fingerprint density at radius 1 is 1.33 bits per heavy atom. The van der Waals surface area contributed by atoms with Gasteiger partial charge in [0.05, 0.1) is 12.1 Å². The van der Waals surface area contributed by atoms with E-state index in [9.17, 15) is 14.4 Å². The number of rotatable bonds is 7. The number of nitrogens with one attached hydrogen (secondary N) is 3. The Balaban J connectivity index is 1.91. The van der Waals surface area contributed by atoms with Crippen LogP contribution in [0.1, 0.15) is 46.6 Å². The molecule has 0 bridgehead atoms. The highest BCUT2D eigenvalue weighted by atomic mass is 16.5. The van der Waals surface area contributed by atoms with Gasteiger partial charge >= 0.3 is 5.97 Å². The van der Waals surface area contributed by atoms with Crippen molar-refractivity contribution in [3.8, 4) is 0 Å². The number of aromatic nitrogens is 2. The fraction of sp³-hybridized carbons (Fsp3) is 0.583. The Morgan fingerprint density at radius 3 is 2.70 bits per heavy atom. The van der Waals surface area contributed by atoms with Crippen molar-refractivity contribution in [2.45, 2.75) is 71.7 Å². The largest absolute Gasteiger partial charge is 0.460 e. The van der Waals surface area contributed by atoms with E-state index in [-0.39, 0.29) is 23.8 Å². The summed E-state index contributed by atoms with van der Waals surface area (Å²) >= 11 is 0. The van der Waals surface area contributed by atoms with E-state index in [1.54, 1.807) is 25.1 Å². The number of nitrogens with zero attached hydrogens (tertiary/aromatic N) is 2. The van der Waals surface area contributed by atoms with Crippen LogP contribution in [-0.4, -0.2) is 70.5 Å². The highest BCUT2D eigenvalue weighted by Gasteiger charge is 2.44. The average Bonchev–Trinajstić information content (AvgIpc) is 3.34. The van der Waals surface area contributed by atoms with Gasteiger partial charge in [-0.25, -0.2) is 4.98 Å². The van der Waals surface area contributed by atoms with E-state index in [2.05, 4.69) is 20.6 Å². The second-order valence-electron chi connectivity index (χ2n) is 9.77. The van der Waals surface area contributed by atoms with Crippen LogP contribution < -0.4 is 10.6 Å². The van der Waals surface area contributed by atoms with E-state index in [1.165, 1.54) is 6.92 Å². The zero-order chi connectivity index (χ0) is 24.3. The van der Waals surface area contributed by atoms with Crippen LogP contribution in [-0.2, 0) is 25.5 Å². The smallest absolute Gasteiger partial charge is 0.302 e. The van der Waals surface area contributed by atoms with Crippen LogP contribution in [0.5, 0.6) is 0 Å². The zero-order valence-corrected chi connectivity index (χ0v) is 20.3. The third-order valence-corrected chi connectivity index (χ3v) is 6.28. The minimum absolute atomic E-state index is 0.170. The number of aromatic amines is 1. The monoisotopic (exact) mass is 457 g/mol. The first kappa shape index (κ1) is 24.7. The van der Waals surface area contributed by atoms with Crippen molar-refractivity contribution in [1.82, 2.24) is 25.5 Å². The molecule has 4 atom stereocenters. The molecule has 3 N–H and O–H groups in total. The number of amides is 2. The topological polar surface area (TPSA) is 116 Å². The van der Waals surface area contributed by atoms with Gasteiger partial charge in [0.15, 0.2) is 0 Å². The molecule has 1 saturated heterocycles. The van der Waals surface area contributed by atoms with E-state index in [0.29, 0.717) is 19.4 Å². The molecule has 0 spiro atoms. The Hall–Kier alpha value is -2.94. The van der Waals surface area contributed by atoms with E-state index in [0.717, 1.165) is 16.6 Å². The lowest BCUT2D eigenvalue weighted by atomic mass is 9.85. The van der Waals surface area contributed by atoms with Crippen LogP contribution in [0.4, 0.5) is 0 Å². The maximum Gasteiger partial charge on any atom is 0.302 e. The van der Waals surface area contributed by atoms with Gasteiger partial charge in [0, 0.05) is 37.7 Å². The van der Waals surface area contributed by atoms with Crippen molar-refractivity contribution in [2.75, 3.05) is 13.6 Å². The molecule has 1 aliphatic heterocycles. The van der Waals surface area contributed by atoms with Crippen LogP contribution in [0, 0.1) is 5.41 Å². The molecule has 0 aromatic carbocycles. The number of H-pyrrole nitrogens is 1. The molecule has 3 rings (SSSR count). The number of hydrogen-bond acceptors (Lipinski definition) is 6. The van der Waals surface area contributed by atoms with Crippen molar-refractivity contribution in [3.63, 3.8) is 0 Å². The molecule has 33 heavy (non-hydrogen) atoms. The lowest BCUT2D eigenvalue weighted by Gasteiger charge is -2.37. The van der Waals surface area contributed by atoms with Crippen molar-refractivity contribution >= 4 is 28.8 Å². The molecule has 0 saturated carbocycles. The maximum absolute atomic E-state index is 13.8. The van der Waals surface area contributed by atoms with Gasteiger partial charge in [-0.15, -0.1) is 0 Å². The second kappa shape index (κ2) is 9.91. The number of carbonyl (C=O) groups excluding carboxylic acids is 3. The van der Waals surface area contributed by atoms with Gasteiger partial charge in [0.25, 0.3) is 0 Å². The van der Waals surface area contributed by atoms with E-state index >= 15 is 0 Å². The number of likely N-dealkylation sites (N-methyl/N-ethyl adjacent to an activating group) is 1. The van der Waals surface area contributed by atoms with Crippen molar-refractivity contribution < 1.29 is 19.1 Å². The molecule has 2 amide bonds. The van der Waals surface area contributed by atoms with Gasteiger partial charge in [0.1, 0.15) is 17.8 Å². The molecule has 0 radical (unpaired) electrons. The predicted molar refractivity (Wildman–Crippen MR) is 125 cm³/mol. The normalized spacial score (nSPS) is 20.5. The van der Waals surface area contributed by atoms with Crippen molar-refractivity contribution in [2.24, 2.45) is 5.41 Å². The molecule has 3 heterocycles. The Labute approximate surface area is 194 Å². The van der Waals surface area contributed by atoms with Crippen molar-refractivity contribution in [3.05, 3.63) is 30.1 Å². The maximum atomic E-state index is 13.8. The molecule has 4 unspecified atom stereocenters. The SMILES string of the molecule is CNC(C)C(=O)NC(C(=O)N1CCC(OC(C)=O)C1Cc1c[nH]c2ncccc12)C(C)(C)C. The summed E-state index contributed by atoms with van der Waals surface area (Å²) in [5.41, 5.74) is 1.27. The number of carbonyl (C=O) groups is 3. The lowest BCUT2D eigenvalue weighted by Crippen LogP contribution is -2.59. The first-order valence-electron chi connectivity index (χ1n) is 11.4. The van der Waals surface area contributed by atoms with E-state index in [1.807, 2.05) is 39.1 Å². The first-order chi connectivity index (χ1) is 15.5. The highest BCUT2D eigenvalue weighted by Crippen LogP contribution is 2.30. The zero-order valence-electron chi connectivity index (χ0n) is 20.3. The van der Waals surface area contributed by atoms with Gasteiger partial charge in [-0.05, 0) is 43.5 Å². The summed E-state index contributed by atoms with van der Waals surface area (Å²) in [4.78, 5) is 47.5. The summed E-state index contributed by atoms with van der Waals surface area (Å²) < 4.78 is 5.61. The number of pyridine rings is 1. The summed E-state index contributed by atoms with van der Waals surface area (Å²) in [6.07, 6.45) is 4.25. The van der Waals surface area contributed by atoms with Crippen LogP contribution in [0.3, 0.4) is 0 Å². The number of esters is 1. The molecular formula is C24H35N5O4. The lowest BCUT2D eigenvalue weighted by molar-refractivity contribution is -0.150. The van der Waals surface area contributed by atoms with E-state index in [4.69, 9.17) is 4.74 Å². The first-order valence-corrected chi connectivity index (χ1v) is 11.4. The number of hydrogen-bond donors (Lipinski definition) is 3. The molecule has 1 aliphatic rings. The third-order valence-electron chi connectivity index (χ3n) is 6.28. The molecular weight excluding hydrogens is 422 g/mol. The highest BCUT2D eigenvalue weighted by molar-refractivity contribution is 5.90. The molecule has 9 heteroatoms. The molecule has 180 valence electrons. The number of ether oxygens (including phenoxy) is 1. The standard InChI is InChI=1S/C24H35N5O4/c1-14(25-6)22(31)28-20(24(3,4)5)23(32)29-11-9-19(33-15(2)30)18(29)12-16-13-27-21-17(16)8-7-10-26-21/h7-8,10,13-14,18-20,25H,9,11-12H2,1-6H3,(H,26,27)(H,28,31). The summed E-state index contributed by atoms with van der Waals surface area (Å²) in [6.45, 7) is 9.38. The fourth-order valence-corrected chi connectivity index (χ4v) is 4.31. The van der Waals surface area contributed by atoms with Gasteiger partial charge in [-0.1, -0.05) is 20.8 Å². The van der Waals surface area contributed by atoms with Gasteiger partial charge in [-0.2, -0.15) is 0 Å². The average molecular weight is 458 g/mol. The Morgan fingerprint density at radius 2 is 2.06 bits per heavy atom. The Kier molecular flexibility index (Phi) is 7.41. The number of likely N-dealkylation sites (tertiary alicyclic amines) is 1. The summed E-state index contributed by atoms with van der Waals surface area (Å²) in [5.74, 6) is -0.777. The van der Waals surface area contributed by atoms with Gasteiger partial charge < -0.3 is 25.3 Å².